The maximum absolute atomic E-state index is 13.6. The first-order chi connectivity index (χ1) is 7.61. The van der Waals surface area contributed by atoms with Crippen LogP contribution in [0.5, 0.6) is 0 Å². The van der Waals surface area contributed by atoms with E-state index in [1.165, 1.54) is 6.07 Å². The van der Waals surface area contributed by atoms with Crippen LogP contribution in [0.3, 0.4) is 0 Å². The first-order valence-corrected chi connectivity index (χ1v) is 5.26. The van der Waals surface area contributed by atoms with Gasteiger partial charge >= 0.3 is 0 Å². The number of nitrogens with zero attached hydrogens (tertiary/aromatic N) is 1. The number of halogens is 1. The Hall–Kier alpha value is -1.53. The average molecular weight is 221 g/mol. The second kappa shape index (κ2) is 5.53. The van der Waals surface area contributed by atoms with Crippen molar-refractivity contribution in [3.8, 4) is 12.3 Å². The van der Waals surface area contributed by atoms with Crippen LogP contribution in [-0.4, -0.2) is 18.2 Å². The molecule has 16 heavy (non-hydrogen) atoms. The molecule has 0 fully saturated rings. The van der Waals surface area contributed by atoms with E-state index in [0.717, 1.165) is 0 Å². The van der Waals surface area contributed by atoms with E-state index < -0.39 is 11.9 Å². The van der Waals surface area contributed by atoms with Gasteiger partial charge in [0.15, 0.2) is 0 Å². The lowest BCUT2D eigenvalue weighted by Gasteiger charge is -2.24. The highest BCUT2D eigenvalue weighted by Gasteiger charge is 2.16. The lowest BCUT2D eigenvalue weighted by molar-refractivity contribution is 0.194. The van der Waals surface area contributed by atoms with E-state index in [0.29, 0.717) is 24.3 Å². The molecule has 2 nitrogen and oxygen atoms in total. The quantitative estimate of drug-likeness (QED) is 0.789. The minimum atomic E-state index is -0.844. The first kappa shape index (κ1) is 12.5. The molecule has 0 radical (unpaired) electrons. The molecule has 86 valence electrons. The van der Waals surface area contributed by atoms with Crippen molar-refractivity contribution in [3.63, 3.8) is 0 Å². The Balaban J connectivity index is 3.21. The van der Waals surface area contributed by atoms with Gasteiger partial charge in [-0.1, -0.05) is 12.0 Å². The van der Waals surface area contributed by atoms with Crippen molar-refractivity contribution in [2.24, 2.45) is 0 Å². The lowest BCUT2D eigenvalue weighted by atomic mass is 10.1. The standard InChI is InChI=1S/C13H16FNO/c1-4-9-15(5-2)12-8-6-7-11(14)13(12)10(3)16/h1,6-8,10,16H,5,9H2,2-3H3. The van der Waals surface area contributed by atoms with Gasteiger partial charge in [0.25, 0.3) is 0 Å². The van der Waals surface area contributed by atoms with Crippen molar-refractivity contribution in [2.45, 2.75) is 20.0 Å². The molecule has 1 aromatic rings. The SMILES string of the molecule is C#CCN(CC)c1cccc(F)c1C(C)O. The number of aliphatic hydroxyl groups excluding tert-OH is 1. The fourth-order valence-corrected chi connectivity index (χ4v) is 1.69. The minimum Gasteiger partial charge on any atom is -0.389 e. The Morgan fingerprint density at radius 3 is 2.75 bits per heavy atom. The Bertz CT molecular complexity index is 395. The highest BCUT2D eigenvalue weighted by atomic mass is 19.1. The van der Waals surface area contributed by atoms with E-state index in [1.54, 1.807) is 19.1 Å². The number of benzene rings is 1. The van der Waals surface area contributed by atoms with Gasteiger partial charge in [-0.05, 0) is 26.0 Å². The number of anilines is 1. The second-order valence-corrected chi connectivity index (χ2v) is 3.57. The van der Waals surface area contributed by atoms with Gasteiger partial charge in [-0.15, -0.1) is 6.42 Å². The molecule has 0 bridgehead atoms. The third-order valence-electron chi connectivity index (χ3n) is 2.45. The van der Waals surface area contributed by atoms with Gasteiger partial charge in [0.1, 0.15) is 5.82 Å². The summed E-state index contributed by atoms with van der Waals surface area (Å²) in [6.07, 6.45) is 4.41. The first-order valence-electron chi connectivity index (χ1n) is 5.26. The molecule has 1 unspecified atom stereocenters. The van der Waals surface area contributed by atoms with Crippen LogP contribution in [0.15, 0.2) is 18.2 Å². The van der Waals surface area contributed by atoms with E-state index in [-0.39, 0.29) is 0 Å². The van der Waals surface area contributed by atoms with Crippen LogP contribution in [0.25, 0.3) is 0 Å². The number of hydrogen-bond acceptors (Lipinski definition) is 2. The lowest BCUT2D eigenvalue weighted by Crippen LogP contribution is -2.25. The predicted molar refractivity (Wildman–Crippen MR) is 63.8 cm³/mol. The van der Waals surface area contributed by atoms with Crippen LogP contribution in [0.1, 0.15) is 25.5 Å². The molecule has 0 amide bonds. The van der Waals surface area contributed by atoms with Crippen LogP contribution in [0, 0.1) is 18.2 Å². The van der Waals surface area contributed by atoms with Crippen molar-refractivity contribution in [1.29, 1.82) is 0 Å². The van der Waals surface area contributed by atoms with E-state index in [9.17, 15) is 9.50 Å². The molecule has 0 heterocycles. The zero-order valence-electron chi connectivity index (χ0n) is 9.57. The molecule has 1 atom stereocenters. The van der Waals surface area contributed by atoms with Gasteiger partial charge in [0, 0.05) is 17.8 Å². The summed E-state index contributed by atoms with van der Waals surface area (Å²) in [7, 11) is 0. The molecule has 0 saturated heterocycles. The maximum Gasteiger partial charge on any atom is 0.131 e. The summed E-state index contributed by atoms with van der Waals surface area (Å²) in [5.41, 5.74) is 0.968. The van der Waals surface area contributed by atoms with Gasteiger partial charge in [-0.25, -0.2) is 4.39 Å². The van der Waals surface area contributed by atoms with Gasteiger partial charge < -0.3 is 10.0 Å². The van der Waals surface area contributed by atoms with Crippen LogP contribution in [0.4, 0.5) is 10.1 Å². The van der Waals surface area contributed by atoms with Crippen molar-refractivity contribution < 1.29 is 9.50 Å². The summed E-state index contributed by atoms with van der Waals surface area (Å²) in [5, 5.41) is 9.58. The molecule has 1 N–H and O–H groups in total. The summed E-state index contributed by atoms with van der Waals surface area (Å²) in [4.78, 5) is 1.85. The van der Waals surface area contributed by atoms with E-state index in [4.69, 9.17) is 6.42 Å². The summed E-state index contributed by atoms with van der Waals surface area (Å²) < 4.78 is 13.6. The average Bonchev–Trinajstić information content (AvgIpc) is 2.25. The fraction of sp³-hybridized carbons (Fsp3) is 0.385. The number of rotatable bonds is 4. The van der Waals surface area contributed by atoms with E-state index >= 15 is 0 Å². The highest BCUT2D eigenvalue weighted by Crippen LogP contribution is 2.28. The van der Waals surface area contributed by atoms with Crippen LogP contribution in [0.2, 0.25) is 0 Å². The molecule has 0 saturated carbocycles. The van der Waals surface area contributed by atoms with Gasteiger partial charge in [0.2, 0.25) is 0 Å². The van der Waals surface area contributed by atoms with Crippen molar-refractivity contribution in [3.05, 3.63) is 29.6 Å². The summed E-state index contributed by atoms with van der Waals surface area (Å²) >= 11 is 0. The predicted octanol–water partition coefficient (Wildman–Crippen LogP) is 2.34. The van der Waals surface area contributed by atoms with E-state index in [1.807, 2.05) is 11.8 Å². The smallest absolute Gasteiger partial charge is 0.131 e. The highest BCUT2D eigenvalue weighted by molar-refractivity contribution is 5.55. The molecular formula is C13H16FNO. The van der Waals surface area contributed by atoms with E-state index in [2.05, 4.69) is 5.92 Å². The van der Waals surface area contributed by atoms with Gasteiger partial charge in [0.05, 0.1) is 12.6 Å². The molecular weight excluding hydrogens is 205 g/mol. The van der Waals surface area contributed by atoms with Gasteiger partial charge in [-0.3, -0.25) is 0 Å². The molecule has 3 heteroatoms. The largest absolute Gasteiger partial charge is 0.389 e. The van der Waals surface area contributed by atoms with Crippen LogP contribution >= 0.6 is 0 Å². The van der Waals surface area contributed by atoms with Gasteiger partial charge in [-0.2, -0.15) is 0 Å². The maximum atomic E-state index is 13.6. The van der Waals surface area contributed by atoms with Crippen molar-refractivity contribution >= 4 is 5.69 Å². The third-order valence-corrected chi connectivity index (χ3v) is 2.45. The molecule has 0 aliphatic carbocycles. The number of aliphatic hydroxyl groups is 1. The Kier molecular flexibility index (Phi) is 4.33. The number of hydrogen-bond donors (Lipinski definition) is 1. The summed E-state index contributed by atoms with van der Waals surface area (Å²) in [6, 6.07) is 4.73. The Morgan fingerprint density at radius 2 is 2.25 bits per heavy atom. The fourth-order valence-electron chi connectivity index (χ4n) is 1.69. The Morgan fingerprint density at radius 1 is 1.56 bits per heavy atom. The third kappa shape index (κ3) is 2.53. The normalized spacial score (nSPS) is 11.9. The zero-order valence-corrected chi connectivity index (χ0v) is 9.57. The minimum absolute atomic E-state index is 0.305. The molecule has 0 aromatic heterocycles. The van der Waals surface area contributed by atoms with Crippen LogP contribution in [-0.2, 0) is 0 Å². The summed E-state index contributed by atoms with van der Waals surface area (Å²) in [6.45, 7) is 4.56. The molecule has 1 rings (SSSR count). The monoisotopic (exact) mass is 221 g/mol. The van der Waals surface area contributed by atoms with Crippen LogP contribution < -0.4 is 4.90 Å². The summed E-state index contributed by atoms with van der Waals surface area (Å²) in [5.74, 6) is 2.12. The molecule has 0 aliphatic heterocycles. The molecule has 0 spiro atoms. The molecule has 0 aliphatic rings. The Labute approximate surface area is 95.7 Å². The second-order valence-electron chi connectivity index (χ2n) is 3.57. The van der Waals surface area contributed by atoms with Crippen molar-refractivity contribution in [2.75, 3.05) is 18.0 Å². The topological polar surface area (TPSA) is 23.5 Å². The number of terminal acetylenes is 1. The molecule has 1 aromatic carbocycles. The van der Waals surface area contributed by atoms with Crippen molar-refractivity contribution in [1.82, 2.24) is 0 Å². The zero-order chi connectivity index (χ0) is 12.1.